The molecule has 3 rings (SSSR count). The molecule has 2 aromatic rings. The quantitative estimate of drug-likeness (QED) is 0.745. The Bertz CT molecular complexity index is 850. The highest BCUT2D eigenvalue weighted by molar-refractivity contribution is 6.09. The Morgan fingerprint density at radius 3 is 2.59 bits per heavy atom. The van der Waals surface area contributed by atoms with Gasteiger partial charge in [0.2, 0.25) is 0 Å². The van der Waals surface area contributed by atoms with Crippen LogP contribution in [0.2, 0.25) is 0 Å². The Balaban J connectivity index is 2.30. The molecule has 0 aliphatic carbocycles. The highest BCUT2D eigenvalue weighted by atomic mass is 16.5. The monoisotopic (exact) mass is 374 g/mol. The van der Waals surface area contributed by atoms with Gasteiger partial charge in [0, 0.05) is 19.3 Å². The van der Waals surface area contributed by atoms with Gasteiger partial charge in [0.1, 0.15) is 22.6 Å². The lowest BCUT2D eigenvalue weighted by molar-refractivity contribution is -0.0277. The summed E-state index contributed by atoms with van der Waals surface area (Å²) in [6.45, 7) is 7.97. The summed E-state index contributed by atoms with van der Waals surface area (Å²) < 4.78 is 22.2. The summed E-state index contributed by atoms with van der Waals surface area (Å²) in [4.78, 5) is 19.3. The van der Waals surface area contributed by atoms with Crippen molar-refractivity contribution in [3.63, 3.8) is 0 Å². The smallest absolute Gasteiger partial charge is 0.341 e. The molecule has 146 valence electrons. The molecule has 0 radical (unpaired) electrons. The van der Waals surface area contributed by atoms with Gasteiger partial charge in [-0.25, -0.2) is 4.79 Å². The Labute approximate surface area is 159 Å². The summed E-state index contributed by atoms with van der Waals surface area (Å²) >= 11 is 0. The van der Waals surface area contributed by atoms with E-state index in [0.717, 1.165) is 11.1 Å². The molecule has 27 heavy (non-hydrogen) atoms. The number of ether oxygens (including phenoxy) is 4. The fraction of sp³-hybridized carbons (Fsp3) is 0.500. The SMILES string of the molecule is CCOC(=O)c1cnc2c(OC)ccc(OC)c2c1N1CCOC(C)(C)C1. The van der Waals surface area contributed by atoms with E-state index in [1.165, 1.54) is 0 Å². The Morgan fingerprint density at radius 2 is 1.96 bits per heavy atom. The van der Waals surface area contributed by atoms with E-state index in [1.54, 1.807) is 27.3 Å². The Morgan fingerprint density at radius 1 is 1.26 bits per heavy atom. The summed E-state index contributed by atoms with van der Waals surface area (Å²) in [5.41, 5.74) is 1.45. The highest BCUT2D eigenvalue weighted by Gasteiger charge is 2.32. The standard InChI is InChI=1S/C20H26N2O5/c1-6-26-19(23)13-11-21-17-15(25-5)8-7-14(24-4)16(17)18(13)22-9-10-27-20(2,3)12-22/h7-8,11H,6,9-10,12H2,1-5H3. The van der Waals surface area contributed by atoms with Crippen LogP contribution in [0.3, 0.4) is 0 Å². The second-order valence-corrected chi connectivity index (χ2v) is 6.96. The molecule has 7 heteroatoms. The molecule has 1 fully saturated rings. The van der Waals surface area contributed by atoms with Gasteiger partial charge in [-0.15, -0.1) is 0 Å². The van der Waals surface area contributed by atoms with E-state index in [2.05, 4.69) is 9.88 Å². The number of pyridine rings is 1. The average molecular weight is 374 g/mol. The van der Waals surface area contributed by atoms with Crippen molar-refractivity contribution in [2.24, 2.45) is 0 Å². The largest absolute Gasteiger partial charge is 0.496 e. The van der Waals surface area contributed by atoms with E-state index in [1.807, 2.05) is 26.0 Å². The number of aromatic nitrogens is 1. The van der Waals surface area contributed by atoms with E-state index in [9.17, 15) is 4.79 Å². The Kier molecular flexibility index (Phi) is 5.41. The number of fused-ring (bicyclic) bond motifs is 1. The van der Waals surface area contributed by atoms with Crippen LogP contribution in [0.5, 0.6) is 11.5 Å². The van der Waals surface area contributed by atoms with Gasteiger partial charge in [0.15, 0.2) is 0 Å². The number of carbonyl (C=O) groups is 1. The number of hydrogen-bond acceptors (Lipinski definition) is 7. The molecule has 1 aromatic heterocycles. The first-order valence-electron chi connectivity index (χ1n) is 9.01. The van der Waals surface area contributed by atoms with E-state index in [4.69, 9.17) is 18.9 Å². The van der Waals surface area contributed by atoms with Crippen LogP contribution in [0.4, 0.5) is 5.69 Å². The van der Waals surface area contributed by atoms with Crippen molar-refractivity contribution in [1.29, 1.82) is 0 Å². The molecule has 1 saturated heterocycles. The number of nitrogens with zero attached hydrogens (tertiary/aromatic N) is 2. The van der Waals surface area contributed by atoms with Crippen LogP contribution in [-0.4, -0.2) is 57.1 Å². The first-order chi connectivity index (χ1) is 12.9. The number of methoxy groups -OCH3 is 2. The number of carbonyl (C=O) groups excluding carboxylic acids is 1. The minimum Gasteiger partial charge on any atom is -0.496 e. The third kappa shape index (κ3) is 3.64. The maximum absolute atomic E-state index is 12.7. The van der Waals surface area contributed by atoms with Crippen LogP contribution in [0.1, 0.15) is 31.1 Å². The minimum absolute atomic E-state index is 0.292. The predicted molar refractivity (Wildman–Crippen MR) is 103 cm³/mol. The van der Waals surface area contributed by atoms with E-state index in [0.29, 0.717) is 48.9 Å². The van der Waals surface area contributed by atoms with Crippen LogP contribution in [-0.2, 0) is 9.47 Å². The molecular weight excluding hydrogens is 348 g/mol. The zero-order valence-electron chi connectivity index (χ0n) is 16.5. The fourth-order valence-electron chi connectivity index (χ4n) is 3.46. The molecule has 0 unspecified atom stereocenters. The lowest BCUT2D eigenvalue weighted by atomic mass is 10.0. The third-order valence-corrected chi connectivity index (χ3v) is 4.59. The summed E-state index contributed by atoms with van der Waals surface area (Å²) in [6, 6.07) is 3.64. The molecule has 0 bridgehead atoms. The van der Waals surface area contributed by atoms with E-state index >= 15 is 0 Å². The molecule has 0 amide bonds. The second kappa shape index (κ2) is 7.60. The van der Waals surface area contributed by atoms with Crippen LogP contribution < -0.4 is 14.4 Å². The zero-order chi connectivity index (χ0) is 19.6. The van der Waals surface area contributed by atoms with Gasteiger partial charge in [-0.1, -0.05) is 0 Å². The Hall–Kier alpha value is -2.54. The molecule has 0 N–H and O–H groups in total. The summed E-state index contributed by atoms with van der Waals surface area (Å²) in [5.74, 6) is 0.842. The average Bonchev–Trinajstić information content (AvgIpc) is 2.65. The van der Waals surface area contributed by atoms with Crippen molar-refractivity contribution in [3.05, 3.63) is 23.9 Å². The van der Waals surface area contributed by atoms with Gasteiger partial charge < -0.3 is 23.8 Å². The third-order valence-electron chi connectivity index (χ3n) is 4.59. The highest BCUT2D eigenvalue weighted by Crippen LogP contribution is 2.41. The van der Waals surface area contributed by atoms with Gasteiger partial charge in [0.05, 0.1) is 44.1 Å². The lowest BCUT2D eigenvalue weighted by Crippen LogP contribution is -2.48. The van der Waals surface area contributed by atoms with E-state index < -0.39 is 5.97 Å². The number of hydrogen-bond donors (Lipinski definition) is 0. The maximum atomic E-state index is 12.7. The van der Waals surface area contributed by atoms with Crippen LogP contribution in [0, 0.1) is 0 Å². The van der Waals surface area contributed by atoms with Crippen molar-refractivity contribution in [2.75, 3.05) is 45.4 Å². The molecule has 1 aliphatic heterocycles. The first-order valence-corrected chi connectivity index (χ1v) is 9.01. The van der Waals surface area contributed by atoms with Crippen LogP contribution >= 0.6 is 0 Å². The zero-order valence-corrected chi connectivity index (χ0v) is 16.5. The van der Waals surface area contributed by atoms with Crippen molar-refractivity contribution in [2.45, 2.75) is 26.4 Å². The molecule has 0 atom stereocenters. The number of rotatable bonds is 5. The molecule has 2 heterocycles. The number of anilines is 1. The fourth-order valence-corrected chi connectivity index (χ4v) is 3.46. The van der Waals surface area contributed by atoms with Gasteiger partial charge in [-0.05, 0) is 32.9 Å². The molecular formula is C20H26N2O5. The first kappa shape index (κ1) is 19.2. The van der Waals surface area contributed by atoms with Crippen molar-refractivity contribution >= 4 is 22.6 Å². The predicted octanol–water partition coefficient (Wildman–Crippen LogP) is 3.04. The summed E-state index contributed by atoms with van der Waals surface area (Å²) in [7, 11) is 3.20. The maximum Gasteiger partial charge on any atom is 0.341 e. The van der Waals surface area contributed by atoms with E-state index in [-0.39, 0.29) is 5.60 Å². The van der Waals surface area contributed by atoms with Gasteiger partial charge in [-0.2, -0.15) is 0 Å². The summed E-state index contributed by atoms with van der Waals surface area (Å²) in [5, 5.41) is 0.736. The molecule has 7 nitrogen and oxygen atoms in total. The van der Waals surface area contributed by atoms with Crippen LogP contribution in [0.15, 0.2) is 18.3 Å². The van der Waals surface area contributed by atoms with Gasteiger partial charge in [-0.3, -0.25) is 4.98 Å². The van der Waals surface area contributed by atoms with Gasteiger partial charge in [0.25, 0.3) is 0 Å². The topological polar surface area (TPSA) is 70.1 Å². The normalized spacial score (nSPS) is 16.3. The number of benzene rings is 1. The lowest BCUT2D eigenvalue weighted by Gasteiger charge is -2.40. The molecule has 0 spiro atoms. The number of esters is 1. The van der Waals surface area contributed by atoms with Crippen molar-refractivity contribution in [1.82, 2.24) is 4.98 Å². The second-order valence-electron chi connectivity index (χ2n) is 6.96. The molecule has 0 saturated carbocycles. The van der Waals surface area contributed by atoms with Crippen LogP contribution in [0.25, 0.3) is 10.9 Å². The van der Waals surface area contributed by atoms with Crippen molar-refractivity contribution in [3.8, 4) is 11.5 Å². The molecule has 1 aromatic carbocycles. The number of morpholine rings is 1. The minimum atomic E-state index is -0.406. The van der Waals surface area contributed by atoms with Crippen molar-refractivity contribution < 1.29 is 23.7 Å². The summed E-state index contributed by atoms with van der Waals surface area (Å²) in [6.07, 6.45) is 1.56. The molecule has 1 aliphatic rings. The van der Waals surface area contributed by atoms with Gasteiger partial charge >= 0.3 is 5.97 Å².